The lowest BCUT2D eigenvalue weighted by molar-refractivity contribution is -0.297. The van der Waals surface area contributed by atoms with Crippen molar-refractivity contribution >= 4 is 22.1 Å². The van der Waals surface area contributed by atoms with Gasteiger partial charge < -0.3 is 34.3 Å². The predicted octanol–water partition coefficient (Wildman–Crippen LogP) is 12.1. The largest absolute Gasteiger partial charge is 0.462 e. The molecule has 4 N–H and O–H groups in total. The molecule has 1 heterocycles. The van der Waals surface area contributed by atoms with Gasteiger partial charge in [0.15, 0.2) is 12.4 Å². The van der Waals surface area contributed by atoms with E-state index in [1.165, 1.54) is 141 Å². The SMILES string of the molecule is CCCCCCCCCC/C=C/CCCCCC(=O)O[C@H](COC(=O)CCC/C=C/CC/C=C/CCCCCCCCCCCCCCCC)CO[C@H]1O[C@H](CS(=O)(=O)O)[C@@H](O)C(O)C1O. The normalized spacial score (nSPS) is 19.6. The van der Waals surface area contributed by atoms with Crippen molar-refractivity contribution in [3.63, 3.8) is 0 Å². The summed E-state index contributed by atoms with van der Waals surface area (Å²) in [5.41, 5.74) is 0. The second-order valence-corrected chi connectivity index (χ2v) is 20.0. The molecule has 0 aromatic rings. The van der Waals surface area contributed by atoms with E-state index in [-0.39, 0.29) is 19.4 Å². The first-order valence-electron chi connectivity index (χ1n) is 26.5. The first-order valence-corrected chi connectivity index (χ1v) is 28.2. The van der Waals surface area contributed by atoms with Crippen molar-refractivity contribution in [3.05, 3.63) is 36.5 Å². The van der Waals surface area contributed by atoms with Crippen LogP contribution in [-0.4, -0.2) is 96.0 Å². The van der Waals surface area contributed by atoms with Crippen LogP contribution in [0.5, 0.6) is 0 Å². The summed E-state index contributed by atoms with van der Waals surface area (Å²) in [5.74, 6) is -2.05. The molecule has 13 heteroatoms. The Labute approximate surface area is 401 Å². The van der Waals surface area contributed by atoms with E-state index in [1.54, 1.807) is 0 Å². The second kappa shape index (κ2) is 42.9. The van der Waals surface area contributed by atoms with Crippen molar-refractivity contribution in [1.82, 2.24) is 0 Å². The zero-order valence-corrected chi connectivity index (χ0v) is 42.4. The quantitative estimate of drug-likeness (QED) is 0.0196. The smallest absolute Gasteiger partial charge is 0.306 e. The summed E-state index contributed by atoms with van der Waals surface area (Å²) < 4.78 is 54.2. The van der Waals surface area contributed by atoms with E-state index < -0.39 is 71.2 Å². The van der Waals surface area contributed by atoms with Gasteiger partial charge in [0, 0.05) is 12.8 Å². The molecule has 0 spiro atoms. The molecule has 1 fully saturated rings. The Balaban J connectivity index is 2.37. The molecule has 2 unspecified atom stereocenters. The van der Waals surface area contributed by atoms with Gasteiger partial charge >= 0.3 is 11.9 Å². The number of carbonyl (C=O) groups excluding carboxylic acids is 2. The van der Waals surface area contributed by atoms with E-state index in [0.29, 0.717) is 19.3 Å². The van der Waals surface area contributed by atoms with Crippen LogP contribution in [-0.2, 0) is 38.7 Å². The molecule has 6 atom stereocenters. The van der Waals surface area contributed by atoms with Gasteiger partial charge in [-0.15, -0.1) is 0 Å². The summed E-state index contributed by atoms with van der Waals surface area (Å²) in [6.07, 6.45) is 42.1. The monoisotopic (exact) mass is 957 g/mol. The maximum atomic E-state index is 12.8. The third-order valence-electron chi connectivity index (χ3n) is 12.2. The number of carbonyl (C=O) groups is 2. The fraction of sp³-hybridized carbons (Fsp3) is 0.849. The second-order valence-electron chi connectivity index (χ2n) is 18.5. The summed E-state index contributed by atoms with van der Waals surface area (Å²) in [5, 5.41) is 31.0. The number of esters is 2. The molecular formula is C53H96O12S. The Morgan fingerprint density at radius 3 is 1.35 bits per heavy atom. The van der Waals surface area contributed by atoms with Crippen LogP contribution in [0.1, 0.15) is 232 Å². The van der Waals surface area contributed by atoms with E-state index in [1.807, 2.05) is 0 Å². The van der Waals surface area contributed by atoms with Crippen LogP contribution in [0.2, 0.25) is 0 Å². The molecule has 0 aromatic heterocycles. The van der Waals surface area contributed by atoms with Crippen molar-refractivity contribution in [2.24, 2.45) is 0 Å². The Bertz CT molecular complexity index is 1350. The molecule has 1 rings (SSSR count). The van der Waals surface area contributed by atoms with Gasteiger partial charge in [-0.05, 0) is 70.6 Å². The number of ether oxygens (including phenoxy) is 4. The number of hydrogen-bond donors (Lipinski definition) is 4. The fourth-order valence-corrected chi connectivity index (χ4v) is 8.74. The van der Waals surface area contributed by atoms with Gasteiger partial charge in [-0.1, -0.05) is 185 Å². The van der Waals surface area contributed by atoms with E-state index >= 15 is 0 Å². The first kappa shape index (κ1) is 61.9. The van der Waals surface area contributed by atoms with Crippen LogP contribution < -0.4 is 0 Å². The molecule has 0 aromatic carbocycles. The molecule has 0 bridgehead atoms. The Morgan fingerprint density at radius 2 is 0.894 bits per heavy atom. The van der Waals surface area contributed by atoms with Gasteiger partial charge in [0.1, 0.15) is 36.8 Å². The summed E-state index contributed by atoms with van der Waals surface area (Å²) >= 11 is 0. The van der Waals surface area contributed by atoms with Crippen molar-refractivity contribution < 1.29 is 56.8 Å². The molecule has 12 nitrogen and oxygen atoms in total. The van der Waals surface area contributed by atoms with Crippen molar-refractivity contribution in [2.75, 3.05) is 19.0 Å². The fourth-order valence-electron chi connectivity index (χ4n) is 8.05. The average Bonchev–Trinajstić information content (AvgIpc) is 3.28. The van der Waals surface area contributed by atoms with Crippen LogP contribution in [0.15, 0.2) is 36.5 Å². The summed E-state index contributed by atoms with van der Waals surface area (Å²) in [7, 11) is -4.61. The molecule has 0 amide bonds. The van der Waals surface area contributed by atoms with Gasteiger partial charge in [-0.3, -0.25) is 14.1 Å². The maximum Gasteiger partial charge on any atom is 0.306 e. The Kier molecular flexibility index (Phi) is 40.3. The first-order chi connectivity index (χ1) is 32.0. The molecule has 0 radical (unpaired) electrons. The number of rotatable bonds is 45. The van der Waals surface area contributed by atoms with Crippen molar-refractivity contribution in [2.45, 2.75) is 269 Å². The third kappa shape index (κ3) is 36.9. The Hall–Kier alpha value is -2.13. The van der Waals surface area contributed by atoms with Crippen molar-refractivity contribution in [1.29, 1.82) is 0 Å². The van der Waals surface area contributed by atoms with Crippen LogP contribution in [0.25, 0.3) is 0 Å². The lowest BCUT2D eigenvalue weighted by atomic mass is 10.00. The molecule has 0 aliphatic carbocycles. The summed E-state index contributed by atoms with van der Waals surface area (Å²) in [6.45, 7) is 3.74. The number of aliphatic hydroxyl groups is 3. The number of aliphatic hydroxyl groups excluding tert-OH is 3. The highest BCUT2D eigenvalue weighted by Gasteiger charge is 2.46. The number of hydrogen-bond acceptors (Lipinski definition) is 11. The highest BCUT2D eigenvalue weighted by molar-refractivity contribution is 7.85. The highest BCUT2D eigenvalue weighted by atomic mass is 32.2. The van der Waals surface area contributed by atoms with Gasteiger partial charge in [0.2, 0.25) is 0 Å². The van der Waals surface area contributed by atoms with Gasteiger partial charge in [-0.25, -0.2) is 0 Å². The lowest BCUT2D eigenvalue weighted by Crippen LogP contribution is -2.60. The lowest BCUT2D eigenvalue weighted by Gasteiger charge is -2.40. The van der Waals surface area contributed by atoms with E-state index in [2.05, 4.69) is 50.3 Å². The number of allylic oxidation sites excluding steroid dienone is 6. The minimum Gasteiger partial charge on any atom is -0.462 e. The molecule has 0 saturated carbocycles. The molecule has 386 valence electrons. The summed E-state index contributed by atoms with van der Waals surface area (Å²) in [4.78, 5) is 25.5. The van der Waals surface area contributed by atoms with E-state index in [9.17, 15) is 37.9 Å². The van der Waals surface area contributed by atoms with Crippen LogP contribution in [0, 0.1) is 0 Å². The minimum absolute atomic E-state index is 0.137. The van der Waals surface area contributed by atoms with E-state index in [4.69, 9.17) is 18.9 Å². The number of unbranched alkanes of at least 4 members (excludes halogenated alkanes) is 27. The third-order valence-corrected chi connectivity index (χ3v) is 12.9. The van der Waals surface area contributed by atoms with E-state index in [0.717, 1.165) is 44.9 Å². The predicted molar refractivity (Wildman–Crippen MR) is 266 cm³/mol. The standard InChI is InChI=1S/C53H96O12S/c1-3-5-7-9-11-13-15-17-19-20-21-22-23-24-25-26-28-29-31-33-35-37-39-41-48(54)62-43-46(44-63-53-52(58)51(57)50(56)47(65-53)45-66(59,60)61)64-49(55)42-40-38-36-34-32-30-27-18-16-14-12-10-8-6-4-2/h26,28,30,32-33,35,46-47,50-53,56-58H,3-25,27,29,31,34,36-45H2,1-2H3,(H,59,60,61)/b28-26+,32-30+,35-33+/t46-,47-,50-,51?,52?,53+/m1/s1. The van der Waals surface area contributed by atoms with Crippen molar-refractivity contribution in [3.8, 4) is 0 Å². The van der Waals surface area contributed by atoms with Crippen LogP contribution in [0.4, 0.5) is 0 Å². The van der Waals surface area contributed by atoms with Crippen LogP contribution in [0.3, 0.4) is 0 Å². The molecule has 1 aliphatic heterocycles. The average molecular weight is 957 g/mol. The van der Waals surface area contributed by atoms with Gasteiger partial charge in [0.05, 0.1) is 6.61 Å². The maximum absolute atomic E-state index is 12.8. The van der Waals surface area contributed by atoms with Gasteiger partial charge in [0.25, 0.3) is 10.1 Å². The topological polar surface area (TPSA) is 186 Å². The van der Waals surface area contributed by atoms with Crippen LogP contribution >= 0.6 is 0 Å². The molecule has 1 saturated heterocycles. The zero-order chi connectivity index (χ0) is 48.4. The molecule has 1 aliphatic rings. The molecule has 66 heavy (non-hydrogen) atoms. The highest BCUT2D eigenvalue weighted by Crippen LogP contribution is 2.24. The minimum atomic E-state index is -4.61. The molecular weight excluding hydrogens is 861 g/mol. The van der Waals surface area contributed by atoms with Gasteiger partial charge in [-0.2, -0.15) is 8.42 Å². The zero-order valence-electron chi connectivity index (χ0n) is 41.6. The summed E-state index contributed by atoms with van der Waals surface area (Å²) in [6, 6.07) is 0. The Morgan fingerprint density at radius 1 is 0.500 bits per heavy atom.